The number of ether oxygens (including phenoxy) is 3. The number of carbonyl (C=O) groups is 2. The van der Waals surface area contributed by atoms with Crippen molar-refractivity contribution in [2.24, 2.45) is 5.10 Å². The number of nitrogens with zero attached hydrogens (tertiary/aromatic N) is 1. The van der Waals surface area contributed by atoms with Crippen molar-refractivity contribution in [2.45, 2.75) is 6.42 Å². The van der Waals surface area contributed by atoms with E-state index in [2.05, 4.69) is 21.2 Å². The molecule has 0 aromatic heterocycles. The Balaban J connectivity index is 1.55. The van der Waals surface area contributed by atoms with Gasteiger partial charge >= 0.3 is 0 Å². The Morgan fingerprint density at radius 2 is 1.54 bits per heavy atom. The molecule has 0 aliphatic rings. The van der Waals surface area contributed by atoms with Crippen LogP contribution in [0.1, 0.15) is 11.1 Å². The number of benzene rings is 3. The van der Waals surface area contributed by atoms with Crippen molar-refractivity contribution < 1.29 is 23.8 Å². The van der Waals surface area contributed by atoms with Crippen LogP contribution in [-0.4, -0.2) is 45.9 Å². The van der Waals surface area contributed by atoms with Crippen LogP contribution < -0.4 is 30.3 Å². The normalized spacial score (nSPS) is 10.6. The number of hydrogen-bond donors (Lipinski definition) is 3. The Hall–Kier alpha value is -3.95. The molecule has 0 bridgehead atoms. The van der Waals surface area contributed by atoms with Crippen molar-refractivity contribution in [3.63, 3.8) is 0 Å². The maximum Gasteiger partial charge on any atom is 0.259 e. The number of hydrogen-bond acceptors (Lipinski definition) is 7. The predicted molar refractivity (Wildman–Crippen MR) is 145 cm³/mol. The lowest BCUT2D eigenvalue weighted by Gasteiger charge is -2.14. The van der Waals surface area contributed by atoms with Gasteiger partial charge in [-0.15, -0.1) is 0 Å². The van der Waals surface area contributed by atoms with E-state index in [4.69, 9.17) is 37.4 Å². The molecule has 3 aromatic carbocycles. The molecule has 37 heavy (non-hydrogen) atoms. The molecule has 194 valence electrons. The maximum atomic E-state index is 12.5. The first-order valence-electron chi connectivity index (χ1n) is 11.0. The van der Waals surface area contributed by atoms with Crippen molar-refractivity contribution in [1.82, 2.24) is 10.7 Å². The molecule has 0 spiro atoms. The van der Waals surface area contributed by atoms with E-state index in [9.17, 15) is 9.59 Å². The summed E-state index contributed by atoms with van der Waals surface area (Å²) >= 11 is 12.5. The van der Waals surface area contributed by atoms with Gasteiger partial charge in [0.05, 0.1) is 56.2 Å². The average molecular weight is 545 g/mol. The van der Waals surface area contributed by atoms with Crippen LogP contribution in [0.5, 0.6) is 17.2 Å². The average Bonchev–Trinajstić information content (AvgIpc) is 2.90. The van der Waals surface area contributed by atoms with Crippen LogP contribution in [0.15, 0.2) is 59.7 Å². The lowest BCUT2D eigenvalue weighted by molar-refractivity contribution is -0.125. The summed E-state index contributed by atoms with van der Waals surface area (Å²) < 4.78 is 15.9. The van der Waals surface area contributed by atoms with E-state index in [0.717, 1.165) is 0 Å². The molecule has 0 unspecified atom stereocenters. The molecule has 0 heterocycles. The fourth-order valence-corrected chi connectivity index (χ4v) is 3.85. The lowest BCUT2D eigenvalue weighted by Crippen LogP contribution is -2.35. The Morgan fingerprint density at radius 1 is 0.892 bits per heavy atom. The molecule has 0 saturated carbocycles. The minimum Gasteiger partial charge on any atom is -0.493 e. The van der Waals surface area contributed by atoms with E-state index < -0.39 is 5.91 Å². The number of nitrogens with one attached hydrogen (secondary N) is 3. The largest absolute Gasteiger partial charge is 0.493 e. The fourth-order valence-electron chi connectivity index (χ4n) is 3.36. The number of methoxy groups -OCH3 is 3. The third-order valence-corrected chi connectivity index (χ3v) is 5.76. The van der Waals surface area contributed by atoms with Gasteiger partial charge in [0.25, 0.3) is 5.91 Å². The van der Waals surface area contributed by atoms with Gasteiger partial charge in [0.1, 0.15) is 0 Å². The van der Waals surface area contributed by atoms with Crippen LogP contribution in [0.2, 0.25) is 10.0 Å². The molecule has 9 nitrogen and oxygen atoms in total. The van der Waals surface area contributed by atoms with E-state index in [1.807, 2.05) is 18.2 Å². The van der Waals surface area contributed by atoms with Gasteiger partial charge in [-0.2, -0.15) is 5.10 Å². The van der Waals surface area contributed by atoms with Gasteiger partial charge < -0.3 is 24.8 Å². The third kappa shape index (κ3) is 7.52. The van der Waals surface area contributed by atoms with Crippen molar-refractivity contribution in [3.05, 3.63) is 75.8 Å². The number of hydrazone groups is 1. The molecule has 3 rings (SSSR count). The molecular formula is C26H26Cl2N4O5. The van der Waals surface area contributed by atoms with Gasteiger partial charge in [-0.05, 0) is 35.9 Å². The van der Waals surface area contributed by atoms with Gasteiger partial charge in [0.15, 0.2) is 11.5 Å². The zero-order valence-corrected chi connectivity index (χ0v) is 21.9. The fraction of sp³-hybridized carbons (Fsp3) is 0.192. The second kappa shape index (κ2) is 13.4. The van der Waals surface area contributed by atoms with E-state index in [-0.39, 0.29) is 18.9 Å². The summed E-state index contributed by atoms with van der Waals surface area (Å²) in [6.45, 7) is -0.253. The number of para-hydroxylation sites is 2. The summed E-state index contributed by atoms with van der Waals surface area (Å²) in [4.78, 5) is 24.7. The highest BCUT2D eigenvalue weighted by molar-refractivity contribution is 6.39. The molecule has 0 fully saturated rings. The summed E-state index contributed by atoms with van der Waals surface area (Å²) in [5, 5.41) is 10.6. The number of carbonyl (C=O) groups excluding carboxylic acids is 2. The van der Waals surface area contributed by atoms with Gasteiger partial charge in [-0.3, -0.25) is 9.59 Å². The molecule has 0 radical (unpaired) electrons. The molecule has 3 aromatic rings. The molecule has 0 aliphatic carbocycles. The second-order valence-electron chi connectivity index (χ2n) is 7.58. The molecule has 3 N–H and O–H groups in total. The highest BCUT2D eigenvalue weighted by atomic mass is 35.5. The Labute approximate surface area is 224 Å². The quantitative estimate of drug-likeness (QED) is 0.241. The van der Waals surface area contributed by atoms with Crippen molar-refractivity contribution in [1.29, 1.82) is 0 Å². The number of amides is 2. The summed E-state index contributed by atoms with van der Waals surface area (Å²) in [6.07, 6.45) is 1.46. The van der Waals surface area contributed by atoms with Gasteiger partial charge in [-0.1, -0.05) is 47.5 Å². The van der Waals surface area contributed by atoms with Gasteiger partial charge in [-0.25, -0.2) is 5.43 Å². The van der Waals surface area contributed by atoms with E-state index in [1.165, 1.54) is 27.5 Å². The van der Waals surface area contributed by atoms with Crippen molar-refractivity contribution >= 4 is 52.6 Å². The highest BCUT2D eigenvalue weighted by Gasteiger charge is 2.14. The Kier molecular flexibility index (Phi) is 10.00. The van der Waals surface area contributed by atoms with Crippen LogP contribution in [0.25, 0.3) is 0 Å². The van der Waals surface area contributed by atoms with Crippen LogP contribution in [0.4, 0.5) is 11.4 Å². The Morgan fingerprint density at radius 3 is 2.16 bits per heavy atom. The van der Waals surface area contributed by atoms with Crippen molar-refractivity contribution in [3.8, 4) is 17.2 Å². The molecule has 0 aliphatic heterocycles. The summed E-state index contributed by atoms with van der Waals surface area (Å²) in [7, 11) is 4.51. The van der Waals surface area contributed by atoms with Crippen LogP contribution in [0.3, 0.4) is 0 Å². The zero-order valence-electron chi connectivity index (χ0n) is 20.4. The molecule has 11 heteroatoms. The van der Waals surface area contributed by atoms with Crippen LogP contribution >= 0.6 is 23.2 Å². The SMILES string of the molecule is COc1cc(/C=N/NC(=O)CNC(=O)Cc2ccccc2Nc2c(Cl)cccc2Cl)cc(OC)c1OC. The summed E-state index contributed by atoms with van der Waals surface area (Å²) in [5.74, 6) is 0.511. The maximum absolute atomic E-state index is 12.5. The smallest absolute Gasteiger partial charge is 0.259 e. The van der Waals surface area contributed by atoms with Crippen LogP contribution in [-0.2, 0) is 16.0 Å². The van der Waals surface area contributed by atoms with Gasteiger partial charge in [0.2, 0.25) is 11.7 Å². The molecule has 0 atom stereocenters. The number of rotatable bonds is 11. The summed E-state index contributed by atoms with van der Waals surface area (Å²) in [5.41, 5.74) is 4.91. The second-order valence-corrected chi connectivity index (χ2v) is 8.40. The topological polar surface area (TPSA) is 110 Å². The first-order valence-corrected chi connectivity index (χ1v) is 11.8. The van der Waals surface area contributed by atoms with Gasteiger partial charge in [0, 0.05) is 11.3 Å². The number of halogens is 2. The van der Waals surface area contributed by atoms with E-state index in [0.29, 0.717) is 49.8 Å². The number of anilines is 2. The minimum atomic E-state index is -0.494. The standard InChI is InChI=1S/C26H26Cl2N4O5/c1-35-21-11-16(12-22(36-2)26(21)37-3)14-30-32-24(34)15-29-23(33)13-17-7-4-5-10-20(17)31-25-18(27)8-6-9-19(25)28/h4-12,14,31H,13,15H2,1-3H3,(H,29,33)(H,32,34)/b30-14+. The summed E-state index contributed by atoms with van der Waals surface area (Å²) in [6, 6.07) is 15.8. The van der Waals surface area contributed by atoms with Crippen LogP contribution in [0, 0.1) is 0 Å². The molecular weight excluding hydrogens is 519 g/mol. The Bertz CT molecular complexity index is 1250. The lowest BCUT2D eigenvalue weighted by atomic mass is 10.1. The monoisotopic (exact) mass is 544 g/mol. The minimum absolute atomic E-state index is 0.0350. The first kappa shape index (κ1) is 27.6. The third-order valence-electron chi connectivity index (χ3n) is 5.13. The zero-order chi connectivity index (χ0) is 26.8. The molecule has 2 amide bonds. The van der Waals surface area contributed by atoms with E-state index in [1.54, 1.807) is 36.4 Å². The van der Waals surface area contributed by atoms with Crippen molar-refractivity contribution in [2.75, 3.05) is 33.2 Å². The van der Waals surface area contributed by atoms with E-state index >= 15 is 0 Å². The predicted octanol–water partition coefficient (Wildman–Crippen LogP) is 4.57. The first-order chi connectivity index (χ1) is 17.9. The highest BCUT2D eigenvalue weighted by Crippen LogP contribution is 2.37. The molecule has 0 saturated heterocycles.